The third-order valence-corrected chi connectivity index (χ3v) is 14.4. The van der Waals surface area contributed by atoms with Crippen LogP contribution in [0.15, 0.2) is 12.2 Å². The molecule has 0 rings (SSSR count). The maximum Gasteiger partial charge on any atom is 0.330 e. The molecular formula is C13H32O4Si4. The number of esters is 1. The molecule has 0 spiro atoms. The Morgan fingerprint density at radius 3 is 1.76 bits per heavy atom. The summed E-state index contributed by atoms with van der Waals surface area (Å²) in [6, 6.07) is 0. The van der Waals surface area contributed by atoms with E-state index in [1.165, 1.54) is 6.08 Å². The van der Waals surface area contributed by atoms with Gasteiger partial charge in [0.05, 0.1) is 0 Å². The second kappa shape index (κ2) is 8.58. The average Bonchev–Trinajstić information content (AvgIpc) is 2.31. The van der Waals surface area contributed by atoms with E-state index in [1.807, 2.05) is 6.92 Å². The molecule has 0 fully saturated rings. The van der Waals surface area contributed by atoms with E-state index in [2.05, 4.69) is 46.2 Å². The predicted octanol–water partition coefficient (Wildman–Crippen LogP) is 2.04. The minimum atomic E-state index is -1.60. The first kappa shape index (κ1) is 21.0. The topological polar surface area (TPSA) is 44.8 Å². The molecule has 0 aliphatic heterocycles. The van der Waals surface area contributed by atoms with Crippen molar-refractivity contribution in [1.29, 1.82) is 0 Å². The van der Waals surface area contributed by atoms with Crippen molar-refractivity contribution >= 4 is 42.1 Å². The van der Waals surface area contributed by atoms with Crippen LogP contribution in [0.25, 0.3) is 0 Å². The van der Waals surface area contributed by atoms with Crippen molar-refractivity contribution in [1.82, 2.24) is 0 Å². The molecule has 0 bridgehead atoms. The molecule has 0 radical (unpaired) electrons. The van der Waals surface area contributed by atoms with Crippen molar-refractivity contribution in [2.24, 2.45) is 0 Å². The number of rotatable bonds is 9. The molecule has 4 nitrogen and oxygen atoms in total. The highest BCUT2D eigenvalue weighted by Gasteiger charge is 2.37. The van der Waals surface area contributed by atoms with Crippen molar-refractivity contribution < 1.29 is 17.8 Å². The Morgan fingerprint density at radius 1 is 1.05 bits per heavy atom. The Balaban J connectivity index is 5.03. The van der Waals surface area contributed by atoms with Crippen LogP contribution in [-0.2, 0) is 17.8 Å². The lowest BCUT2D eigenvalue weighted by molar-refractivity contribution is -0.142. The van der Waals surface area contributed by atoms with Gasteiger partial charge in [0.25, 0.3) is 0 Å². The van der Waals surface area contributed by atoms with E-state index >= 15 is 0 Å². The zero-order valence-corrected chi connectivity index (χ0v) is 19.7. The Labute approximate surface area is 136 Å². The molecule has 0 aromatic rings. The highest BCUT2D eigenvalue weighted by Crippen LogP contribution is 2.19. The highest BCUT2D eigenvalue weighted by molar-refractivity contribution is 6.78. The van der Waals surface area contributed by atoms with Gasteiger partial charge in [0.1, 0.15) is 4.85 Å². The first-order valence-corrected chi connectivity index (χ1v) is 17.0. The van der Waals surface area contributed by atoms with Crippen molar-refractivity contribution in [2.75, 3.05) is 0 Å². The first-order valence-electron chi connectivity index (χ1n) is 7.57. The third-order valence-electron chi connectivity index (χ3n) is 2.80. The molecule has 0 heterocycles. The van der Waals surface area contributed by atoms with Gasteiger partial charge >= 0.3 is 5.97 Å². The van der Waals surface area contributed by atoms with E-state index in [-0.39, 0.29) is 5.97 Å². The summed E-state index contributed by atoms with van der Waals surface area (Å²) in [7, 11) is -5.14. The SMILES string of the molecule is CC=CC(=O)OC(CC)([SiH2]O[Si](C)(C)C)[SiH2]O[Si](C)(C)C. The summed E-state index contributed by atoms with van der Waals surface area (Å²) in [6.45, 7) is 16.9. The lowest BCUT2D eigenvalue weighted by Gasteiger charge is -2.35. The van der Waals surface area contributed by atoms with E-state index in [4.69, 9.17) is 13.0 Å². The van der Waals surface area contributed by atoms with Gasteiger partial charge in [-0.2, -0.15) is 0 Å². The van der Waals surface area contributed by atoms with Crippen LogP contribution in [-0.4, -0.2) is 47.0 Å². The standard InChI is InChI=1S/C13H32O4Si4/c1-9-11-12(14)15-13(10-2,18-16-20(3,4)5)19-17-21(6,7)8/h9,11H,10,18-19H2,1-8H3. The zero-order chi connectivity index (χ0) is 16.7. The van der Waals surface area contributed by atoms with Crippen molar-refractivity contribution in [2.45, 2.75) is 64.4 Å². The van der Waals surface area contributed by atoms with Gasteiger partial charge in [-0.25, -0.2) is 4.79 Å². The van der Waals surface area contributed by atoms with E-state index < -0.39 is 41.0 Å². The van der Waals surface area contributed by atoms with Crippen LogP contribution >= 0.6 is 0 Å². The lowest BCUT2D eigenvalue weighted by Crippen LogP contribution is -2.53. The fraction of sp³-hybridized carbons (Fsp3) is 0.769. The highest BCUT2D eigenvalue weighted by atomic mass is 28.4. The molecule has 0 aromatic heterocycles. The quantitative estimate of drug-likeness (QED) is 0.357. The molecule has 0 aromatic carbocycles. The summed E-state index contributed by atoms with van der Waals surface area (Å²) < 4.78 is 18.2. The second-order valence-electron chi connectivity index (χ2n) is 7.26. The number of allylic oxidation sites excluding steroid dienone is 1. The van der Waals surface area contributed by atoms with Crippen molar-refractivity contribution in [3.05, 3.63) is 12.2 Å². The van der Waals surface area contributed by atoms with Crippen molar-refractivity contribution in [3.63, 3.8) is 0 Å². The molecule has 8 heteroatoms. The largest absolute Gasteiger partial charge is 0.459 e. The number of hydrogen-bond donors (Lipinski definition) is 0. The summed E-state index contributed by atoms with van der Waals surface area (Å²) in [4.78, 5) is 11.5. The molecular weight excluding hydrogens is 332 g/mol. The van der Waals surface area contributed by atoms with Gasteiger partial charge in [0.15, 0.2) is 36.2 Å². The fourth-order valence-corrected chi connectivity index (χ4v) is 10.0. The Hall–Kier alpha value is -0.00247. The molecule has 0 saturated carbocycles. The molecule has 0 atom stereocenters. The summed E-state index contributed by atoms with van der Waals surface area (Å²) in [5.41, 5.74) is 0. The second-order valence-corrected chi connectivity index (χ2v) is 22.2. The number of hydrogen-bond acceptors (Lipinski definition) is 4. The molecule has 0 N–H and O–H groups in total. The Bertz CT molecular complexity index is 340. The van der Waals surface area contributed by atoms with Crippen LogP contribution in [0.4, 0.5) is 0 Å². The summed E-state index contributed by atoms with van der Waals surface area (Å²) in [5, 5.41) is 0. The summed E-state index contributed by atoms with van der Waals surface area (Å²) in [5.74, 6) is -0.266. The minimum absolute atomic E-state index is 0.266. The normalized spacial score (nSPS) is 17.1. The number of ether oxygens (including phenoxy) is 1. The van der Waals surface area contributed by atoms with Gasteiger partial charge in [0, 0.05) is 6.08 Å². The molecule has 124 valence electrons. The monoisotopic (exact) mass is 364 g/mol. The van der Waals surface area contributed by atoms with Gasteiger partial charge in [-0.05, 0) is 52.6 Å². The lowest BCUT2D eigenvalue weighted by atomic mass is 10.5. The first-order chi connectivity index (χ1) is 9.43. The third kappa shape index (κ3) is 10.4. The van der Waals surface area contributed by atoms with Gasteiger partial charge in [-0.1, -0.05) is 13.0 Å². The van der Waals surface area contributed by atoms with Crippen LogP contribution < -0.4 is 0 Å². The molecule has 0 aliphatic rings. The maximum atomic E-state index is 11.9. The van der Waals surface area contributed by atoms with Crippen molar-refractivity contribution in [3.8, 4) is 0 Å². The molecule has 0 unspecified atom stereocenters. The smallest absolute Gasteiger partial charge is 0.330 e. The van der Waals surface area contributed by atoms with Gasteiger partial charge in [-0.3, -0.25) is 0 Å². The van der Waals surface area contributed by atoms with Gasteiger partial charge in [-0.15, -0.1) is 0 Å². The van der Waals surface area contributed by atoms with E-state index in [1.54, 1.807) is 6.08 Å². The number of carbonyl (C=O) groups excluding carboxylic acids is 1. The summed E-state index contributed by atoms with van der Waals surface area (Å²) >= 11 is 0. The maximum absolute atomic E-state index is 11.9. The van der Waals surface area contributed by atoms with Gasteiger partial charge < -0.3 is 13.0 Å². The minimum Gasteiger partial charge on any atom is -0.459 e. The molecule has 0 amide bonds. The van der Waals surface area contributed by atoms with Crippen LogP contribution in [0.3, 0.4) is 0 Å². The van der Waals surface area contributed by atoms with Crippen LogP contribution in [0.1, 0.15) is 20.3 Å². The van der Waals surface area contributed by atoms with E-state index in [0.29, 0.717) is 0 Å². The van der Waals surface area contributed by atoms with Crippen LogP contribution in [0, 0.1) is 0 Å². The fourth-order valence-electron chi connectivity index (χ4n) is 1.46. The Kier molecular flexibility index (Phi) is 8.58. The molecule has 0 aliphatic carbocycles. The van der Waals surface area contributed by atoms with Crippen LogP contribution in [0.5, 0.6) is 0 Å². The Morgan fingerprint density at radius 2 is 1.48 bits per heavy atom. The van der Waals surface area contributed by atoms with Gasteiger partial charge in [0.2, 0.25) is 0 Å². The van der Waals surface area contributed by atoms with E-state index in [9.17, 15) is 4.79 Å². The van der Waals surface area contributed by atoms with Crippen LogP contribution in [0.2, 0.25) is 39.3 Å². The summed E-state index contributed by atoms with van der Waals surface area (Å²) in [6.07, 6.45) is 3.99. The molecule has 21 heavy (non-hydrogen) atoms. The van der Waals surface area contributed by atoms with E-state index in [0.717, 1.165) is 6.42 Å². The predicted molar refractivity (Wildman–Crippen MR) is 99.9 cm³/mol. The molecule has 0 saturated heterocycles. The average molecular weight is 365 g/mol. The number of carbonyl (C=O) groups is 1. The zero-order valence-electron chi connectivity index (χ0n) is 14.9.